The summed E-state index contributed by atoms with van der Waals surface area (Å²) in [5.74, 6) is -0.444. The summed E-state index contributed by atoms with van der Waals surface area (Å²) in [5, 5.41) is 35.0. The number of rotatable bonds is 10. The van der Waals surface area contributed by atoms with Gasteiger partial charge in [-0.05, 0) is 48.2 Å². The fourth-order valence-corrected chi connectivity index (χ4v) is 5.36. The molecule has 1 unspecified atom stereocenters. The van der Waals surface area contributed by atoms with Crippen molar-refractivity contribution in [1.82, 2.24) is 15.1 Å². The highest BCUT2D eigenvalue weighted by molar-refractivity contribution is 7.81. The average Bonchev–Trinajstić information content (AvgIpc) is 3.61. The van der Waals surface area contributed by atoms with E-state index in [9.17, 15) is 39.7 Å². The molecule has 3 amide bonds. The first-order valence-corrected chi connectivity index (χ1v) is 14.0. The Morgan fingerprint density at radius 3 is 2.00 bits per heavy atom. The first-order valence-electron chi connectivity index (χ1n) is 13.5. The second-order valence-electron chi connectivity index (χ2n) is 10.3. The van der Waals surface area contributed by atoms with Crippen LogP contribution in [0.1, 0.15) is 30.4 Å². The molecule has 2 fully saturated rings. The van der Waals surface area contributed by atoms with Crippen molar-refractivity contribution in [2.75, 3.05) is 19.6 Å². The number of nitrogens with zero attached hydrogens (tertiary/aromatic N) is 4. The Hall–Kier alpha value is -4.44. The summed E-state index contributed by atoms with van der Waals surface area (Å²) < 4.78 is 10.6. The standard InChI is InChI=1S/C27H31N5O10S/c33-24(23-11-22(43)14-30(23)27(36)42-16-18-3-7-21(8-4-18)32(39)40)12-25(34)28-19-9-10-29(13-19)26(35)41-15-17-1-5-20(6-2-17)31(37)38/h1-8,19,22-24,33,43H,9-16H2,(H,28,34)/t19-,22-,23-,24?/m0/s1. The number of aliphatic hydroxyl groups excluding tert-OH is 1. The van der Waals surface area contributed by atoms with Gasteiger partial charge in [-0.1, -0.05) is 0 Å². The highest BCUT2D eigenvalue weighted by atomic mass is 32.1. The number of ether oxygens (including phenoxy) is 2. The number of carbonyl (C=O) groups is 3. The molecule has 0 bridgehead atoms. The molecule has 16 heteroatoms. The quantitative estimate of drug-likeness (QED) is 0.203. The number of aliphatic hydroxyl groups is 1. The molecule has 2 N–H and O–H groups in total. The molecule has 2 aliphatic rings. The predicted octanol–water partition coefficient (Wildman–Crippen LogP) is 2.79. The van der Waals surface area contributed by atoms with E-state index in [1.807, 2.05) is 0 Å². The fraction of sp³-hybridized carbons (Fsp3) is 0.444. The Morgan fingerprint density at radius 1 is 0.930 bits per heavy atom. The summed E-state index contributed by atoms with van der Waals surface area (Å²) in [6, 6.07) is 10.2. The number of hydrogen-bond donors (Lipinski definition) is 3. The maximum atomic E-state index is 12.8. The number of nitrogens with one attached hydrogen (secondary N) is 1. The first kappa shape index (κ1) is 31.5. The Balaban J connectivity index is 1.21. The number of benzene rings is 2. The molecule has 0 radical (unpaired) electrons. The maximum Gasteiger partial charge on any atom is 0.410 e. The molecular weight excluding hydrogens is 586 g/mol. The van der Waals surface area contributed by atoms with Gasteiger partial charge in [0.2, 0.25) is 5.91 Å². The van der Waals surface area contributed by atoms with E-state index in [0.29, 0.717) is 30.5 Å². The molecule has 2 saturated heterocycles. The lowest BCUT2D eigenvalue weighted by molar-refractivity contribution is -0.385. The molecule has 4 atom stereocenters. The lowest BCUT2D eigenvalue weighted by Gasteiger charge is -2.28. The first-order chi connectivity index (χ1) is 20.5. The van der Waals surface area contributed by atoms with Gasteiger partial charge in [0.15, 0.2) is 0 Å². The van der Waals surface area contributed by atoms with Gasteiger partial charge in [-0.2, -0.15) is 12.6 Å². The van der Waals surface area contributed by atoms with Gasteiger partial charge in [0.25, 0.3) is 11.4 Å². The number of likely N-dealkylation sites (tertiary alicyclic amines) is 2. The van der Waals surface area contributed by atoms with Crippen LogP contribution in [0, 0.1) is 20.2 Å². The van der Waals surface area contributed by atoms with Crippen LogP contribution in [-0.4, -0.2) is 85.9 Å². The van der Waals surface area contributed by atoms with E-state index in [1.54, 1.807) is 0 Å². The van der Waals surface area contributed by atoms with E-state index < -0.39 is 40.1 Å². The Morgan fingerprint density at radius 2 is 1.47 bits per heavy atom. The SMILES string of the molecule is O=C(CC(O)[C@@H]1C[C@H](S)CN1C(=O)OCc1ccc([N+](=O)[O-])cc1)N[C@H]1CCN(C(=O)OCc2ccc([N+](=O)[O-])cc2)C1. The second-order valence-corrected chi connectivity index (χ2v) is 11.1. The van der Waals surface area contributed by atoms with E-state index in [4.69, 9.17) is 9.47 Å². The van der Waals surface area contributed by atoms with Crippen LogP contribution >= 0.6 is 12.6 Å². The second kappa shape index (κ2) is 14.2. The van der Waals surface area contributed by atoms with Crippen LogP contribution in [0.2, 0.25) is 0 Å². The predicted molar refractivity (Wildman–Crippen MR) is 153 cm³/mol. The zero-order valence-electron chi connectivity index (χ0n) is 22.9. The number of nitro benzene ring substituents is 2. The van der Waals surface area contributed by atoms with Crippen LogP contribution < -0.4 is 5.32 Å². The van der Waals surface area contributed by atoms with Gasteiger partial charge < -0.3 is 29.7 Å². The molecule has 0 aromatic heterocycles. The Kier molecular flexibility index (Phi) is 10.4. The van der Waals surface area contributed by atoms with Crippen molar-refractivity contribution in [2.45, 2.75) is 55.9 Å². The molecule has 0 aliphatic carbocycles. The molecular formula is C27H31N5O10S. The minimum Gasteiger partial charge on any atom is -0.445 e. The summed E-state index contributed by atoms with van der Waals surface area (Å²) in [5.41, 5.74) is 0.998. The largest absolute Gasteiger partial charge is 0.445 e. The molecule has 43 heavy (non-hydrogen) atoms. The van der Waals surface area contributed by atoms with Gasteiger partial charge in [0, 0.05) is 55.2 Å². The van der Waals surface area contributed by atoms with Crippen molar-refractivity contribution >= 4 is 42.1 Å². The zero-order chi connectivity index (χ0) is 31.1. The highest BCUT2D eigenvalue weighted by Crippen LogP contribution is 2.27. The van der Waals surface area contributed by atoms with Gasteiger partial charge in [-0.15, -0.1) is 0 Å². The van der Waals surface area contributed by atoms with E-state index in [-0.39, 0.29) is 55.4 Å². The summed E-state index contributed by atoms with van der Waals surface area (Å²) in [4.78, 5) is 61.2. The van der Waals surface area contributed by atoms with Crippen molar-refractivity contribution in [1.29, 1.82) is 0 Å². The molecule has 2 aromatic rings. The number of hydrogen-bond acceptors (Lipinski definition) is 11. The van der Waals surface area contributed by atoms with Gasteiger partial charge in [-0.25, -0.2) is 9.59 Å². The third-order valence-corrected chi connectivity index (χ3v) is 7.60. The lowest BCUT2D eigenvalue weighted by Crippen LogP contribution is -2.46. The topological polar surface area (TPSA) is 195 Å². The number of carbonyl (C=O) groups excluding carboxylic acids is 3. The van der Waals surface area contributed by atoms with Gasteiger partial charge >= 0.3 is 12.2 Å². The number of non-ortho nitro benzene ring substituents is 2. The maximum absolute atomic E-state index is 12.8. The van der Waals surface area contributed by atoms with Crippen LogP contribution in [0.25, 0.3) is 0 Å². The Bertz CT molecular complexity index is 1340. The van der Waals surface area contributed by atoms with Crippen molar-refractivity contribution < 1.29 is 38.8 Å². The Labute approximate surface area is 251 Å². The van der Waals surface area contributed by atoms with Crippen molar-refractivity contribution in [3.63, 3.8) is 0 Å². The van der Waals surface area contributed by atoms with Gasteiger partial charge in [0.05, 0.1) is 28.4 Å². The summed E-state index contributed by atoms with van der Waals surface area (Å²) >= 11 is 4.43. The average molecular weight is 618 g/mol. The van der Waals surface area contributed by atoms with E-state index in [1.165, 1.54) is 58.3 Å². The minimum absolute atomic E-state index is 0.0586. The normalized spacial score (nSPS) is 20.4. The molecule has 2 heterocycles. The van der Waals surface area contributed by atoms with Crippen LogP contribution in [0.3, 0.4) is 0 Å². The smallest absolute Gasteiger partial charge is 0.410 e. The van der Waals surface area contributed by atoms with Crippen molar-refractivity contribution in [3.8, 4) is 0 Å². The number of nitro groups is 2. The molecule has 0 saturated carbocycles. The summed E-state index contributed by atoms with van der Waals surface area (Å²) in [6.07, 6.45) is -1.91. The molecule has 230 valence electrons. The molecule has 15 nitrogen and oxygen atoms in total. The van der Waals surface area contributed by atoms with E-state index in [0.717, 1.165) is 0 Å². The van der Waals surface area contributed by atoms with Crippen molar-refractivity contribution in [3.05, 3.63) is 79.9 Å². The van der Waals surface area contributed by atoms with Crippen LogP contribution in [0.5, 0.6) is 0 Å². The summed E-state index contributed by atoms with van der Waals surface area (Å²) in [6.45, 7) is 0.597. The molecule has 2 aliphatic heterocycles. The summed E-state index contributed by atoms with van der Waals surface area (Å²) in [7, 11) is 0. The van der Waals surface area contributed by atoms with Crippen LogP contribution in [0.15, 0.2) is 48.5 Å². The van der Waals surface area contributed by atoms with E-state index in [2.05, 4.69) is 17.9 Å². The molecule has 2 aromatic carbocycles. The molecule has 4 rings (SSSR count). The monoisotopic (exact) mass is 617 g/mol. The third kappa shape index (κ3) is 8.54. The highest BCUT2D eigenvalue weighted by Gasteiger charge is 2.40. The number of amides is 3. The fourth-order valence-electron chi connectivity index (χ4n) is 4.97. The number of thiol groups is 1. The lowest BCUT2D eigenvalue weighted by atomic mass is 10.0. The van der Waals surface area contributed by atoms with Gasteiger partial charge in [0.1, 0.15) is 13.2 Å². The zero-order valence-corrected chi connectivity index (χ0v) is 23.8. The van der Waals surface area contributed by atoms with Gasteiger partial charge in [-0.3, -0.25) is 25.0 Å². The third-order valence-electron chi connectivity index (χ3n) is 7.23. The van der Waals surface area contributed by atoms with Crippen molar-refractivity contribution in [2.24, 2.45) is 0 Å². The van der Waals surface area contributed by atoms with Crippen LogP contribution in [0.4, 0.5) is 21.0 Å². The van der Waals surface area contributed by atoms with Crippen LogP contribution in [-0.2, 0) is 27.5 Å². The molecule has 0 spiro atoms. The van der Waals surface area contributed by atoms with E-state index >= 15 is 0 Å². The minimum atomic E-state index is -1.19.